The summed E-state index contributed by atoms with van der Waals surface area (Å²) >= 11 is 7.30. The Morgan fingerprint density at radius 3 is 2.61 bits per heavy atom. The van der Waals surface area contributed by atoms with Crippen molar-refractivity contribution >= 4 is 35.0 Å². The van der Waals surface area contributed by atoms with Crippen LogP contribution < -0.4 is 5.32 Å². The molecule has 0 spiro atoms. The van der Waals surface area contributed by atoms with Crippen LogP contribution in [0.25, 0.3) is 0 Å². The summed E-state index contributed by atoms with van der Waals surface area (Å²) in [5, 5.41) is 13.1. The van der Waals surface area contributed by atoms with Gasteiger partial charge in [0.2, 0.25) is 5.91 Å². The molecule has 0 radical (unpaired) electrons. The Morgan fingerprint density at radius 1 is 1.22 bits per heavy atom. The number of halogens is 1. The van der Waals surface area contributed by atoms with E-state index in [1.165, 1.54) is 37.4 Å². The summed E-state index contributed by atoms with van der Waals surface area (Å²) in [4.78, 5) is 12.1. The van der Waals surface area contributed by atoms with Gasteiger partial charge in [-0.2, -0.15) is 0 Å². The topological polar surface area (TPSA) is 59.8 Å². The van der Waals surface area contributed by atoms with Crippen LogP contribution in [0.4, 0.5) is 5.69 Å². The van der Waals surface area contributed by atoms with Gasteiger partial charge in [0.1, 0.15) is 5.82 Å². The van der Waals surface area contributed by atoms with Crippen molar-refractivity contribution in [2.75, 3.05) is 11.1 Å². The molecule has 2 fully saturated rings. The predicted molar refractivity (Wildman–Crippen MR) is 91.1 cm³/mol. The third-order valence-corrected chi connectivity index (χ3v) is 5.20. The van der Waals surface area contributed by atoms with Crippen LogP contribution in [0.3, 0.4) is 0 Å². The molecule has 2 aromatic rings. The molecule has 1 amide bonds. The fraction of sp³-hybridized carbons (Fsp3) is 0.438. The van der Waals surface area contributed by atoms with Gasteiger partial charge >= 0.3 is 0 Å². The van der Waals surface area contributed by atoms with Gasteiger partial charge in [0.05, 0.1) is 5.75 Å². The summed E-state index contributed by atoms with van der Waals surface area (Å²) in [6, 6.07) is 7.65. The normalized spacial score (nSPS) is 17.3. The molecule has 2 saturated carbocycles. The molecule has 1 heterocycles. The third-order valence-electron chi connectivity index (χ3n) is 4.01. The van der Waals surface area contributed by atoms with Crippen LogP contribution >= 0.6 is 23.4 Å². The second kappa shape index (κ2) is 6.17. The molecule has 0 aliphatic heterocycles. The highest BCUT2D eigenvalue weighted by Gasteiger charge is 2.36. The van der Waals surface area contributed by atoms with Crippen LogP contribution in [0.1, 0.15) is 43.5 Å². The van der Waals surface area contributed by atoms with Crippen LogP contribution in [-0.2, 0) is 4.79 Å². The van der Waals surface area contributed by atoms with Crippen molar-refractivity contribution in [1.29, 1.82) is 0 Å². The number of nitrogens with one attached hydrogen (secondary N) is 1. The first kappa shape index (κ1) is 15.0. The number of hydrogen-bond donors (Lipinski definition) is 1. The summed E-state index contributed by atoms with van der Waals surface area (Å²) in [6.07, 6.45) is 4.82. The second-order valence-corrected chi connectivity index (χ2v) is 7.44. The first-order valence-corrected chi connectivity index (χ1v) is 9.20. The number of hydrogen-bond acceptors (Lipinski definition) is 4. The van der Waals surface area contributed by atoms with Crippen molar-refractivity contribution in [3.05, 3.63) is 35.1 Å². The molecule has 0 saturated heterocycles. The lowest BCUT2D eigenvalue weighted by Crippen LogP contribution is -2.14. The molecule has 4 rings (SSSR count). The fourth-order valence-corrected chi connectivity index (χ4v) is 3.48. The van der Waals surface area contributed by atoms with Gasteiger partial charge < -0.3 is 9.88 Å². The van der Waals surface area contributed by atoms with Gasteiger partial charge in [-0.15, -0.1) is 10.2 Å². The minimum Gasteiger partial charge on any atom is -0.325 e. The van der Waals surface area contributed by atoms with Crippen molar-refractivity contribution in [3.63, 3.8) is 0 Å². The highest BCUT2D eigenvalue weighted by atomic mass is 35.5. The zero-order valence-corrected chi connectivity index (χ0v) is 14.1. The summed E-state index contributed by atoms with van der Waals surface area (Å²) in [6.45, 7) is 0. The summed E-state index contributed by atoms with van der Waals surface area (Å²) in [5.41, 5.74) is 0.752. The maximum absolute atomic E-state index is 12.1. The van der Waals surface area contributed by atoms with E-state index in [4.69, 9.17) is 11.6 Å². The van der Waals surface area contributed by atoms with Crippen molar-refractivity contribution in [2.24, 2.45) is 0 Å². The van der Waals surface area contributed by atoms with Gasteiger partial charge in [-0.05, 0) is 49.9 Å². The molecule has 2 aliphatic carbocycles. The van der Waals surface area contributed by atoms with Crippen LogP contribution in [0, 0.1) is 0 Å². The molecular weight excluding hydrogens is 332 g/mol. The first-order valence-electron chi connectivity index (χ1n) is 7.84. The number of carbonyl (C=O) groups excluding carboxylic acids is 1. The summed E-state index contributed by atoms with van der Waals surface area (Å²) in [5.74, 6) is 1.99. The molecule has 0 bridgehead atoms. The van der Waals surface area contributed by atoms with Crippen LogP contribution in [0.15, 0.2) is 29.4 Å². The average molecular weight is 349 g/mol. The van der Waals surface area contributed by atoms with E-state index in [9.17, 15) is 4.79 Å². The smallest absolute Gasteiger partial charge is 0.234 e. The number of nitrogens with zero attached hydrogens (tertiary/aromatic N) is 3. The van der Waals surface area contributed by atoms with Gasteiger partial charge in [-0.3, -0.25) is 4.79 Å². The van der Waals surface area contributed by atoms with Crippen molar-refractivity contribution < 1.29 is 4.79 Å². The van der Waals surface area contributed by atoms with Crippen molar-refractivity contribution in [1.82, 2.24) is 14.8 Å². The first-order chi connectivity index (χ1) is 11.2. The summed E-state index contributed by atoms with van der Waals surface area (Å²) < 4.78 is 2.26. The van der Waals surface area contributed by atoms with E-state index in [2.05, 4.69) is 20.1 Å². The van der Waals surface area contributed by atoms with Gasteiger partial charge in [-0.25, -0.2) is 0 Å². The Hall–Kier alpha value is -1.53. The molecular formula is C16H17ClN4OS. The number of carbonyl (C=O) groups is 1. The van der Waals surface area contributed by atoms with Gasteiger partial charge in [0.15, 0.2) is 5.16 Å². The highest BCUT2D eigenvalue weighted by molar-refractivity contribution is 7.99. The van der Waals surface area contributed by atoms with E-state index in [0.29, 0.717) is 22.7 Å². The molecule has 1 aromatic carbocycles. The van der Waals surface area contributed by atoms with Gasteiger partial charge in [0.25, 0.3) is 0 Å². The van der Waals surface area contributed by atoms with E-state index >= 15 is 0 Å². The van der Waals surface area contributed by atoms with E-state index in [1.807, 2.05) is 0 Å². The van der Waals surface area contributed by atoms with Gasteiger partial charge in [-0.1, -0.05) is 23.4 Å². The standard InChI is InChI=1S/C16H17ClN4OS/c17-11-3-5-12(6-4-11)18-14(22)9-23-16-20-19-15(10-1-2-10)21(16)13-7-8-13/h3-6,10,13H,1-2,7-9H2,(H,18,22). The number of thioether (sulfide) groups is 1. The molecule has 120 valence electrons. The number of amides is 1. The Balaban J connectivity index is 1.39. The van der Waals surface area contributed by atoms with Gasteiger partial charge in [0, 0.05) is 22.7 Å². The minimum absolute atomic E-state index is 0.0457. The lowest BCUT2D eigenvalue weighted by Gasteiger charge is -2.08. The molecule has 2 aliphatic rings. The maximum Gasteiger partial charge on any atom is 0.234 e. The predicted octanol–water partition coefficient (Wildman–Crippen LogP) is 3.87. The largest absolute Gasteiger partial charge is 0.325 e. The van der Waals surface area contributed by atoms with E-state index in [1.54, 1.807) is 24.3 Å². The Bertz CT molecular complexity index is 722. The van der Waals surface area contributed by atoms with Crippen LogP contribution in [0.5, 0.6) is 0 Å². The zero-order chi connectivity index (χ0) is 15.8. The second-order valence-electron chi connectivity index (χ2n) is 6.06. The Kier molecular flexibility index (Phi) is 4.03. The van der Waals surface area contributed by atoms with Crippen molar-refractivity contribution in [2.45, 2.75) is 42.8 Å². The fourth-order valence-electron chi connectivity index (χ4n) is 2.54. The minimum atomic E-state index is -0.0457. The molecule has 1 N–H and O–H groups in total. The molecule has 0 unspecified atom stereocenters. The van der Waals surface area contributed by atoms with E-state index in [-0.39, 0.29) is 5.91 Å². The van der Waals surface area contributed by atoms with Crippen LogP contribution in [-0.4, -0.2) is 26.4 Å². The average Bonchev–Trinajstić information content (AvgIpc) is 3.46. The van der Waals surface area contributed by atoms with E-state index < -0.39 is 0 Å². The Labute approximate surface area is 143 Å². The lowest BCUT2D eigenvalue weighted by atomic mass is 10.3. The molecule has 5 nitrogen and oxygen atoms in total. The third kappa shape index (κ3) is 3.53. The molecule has 1 aromatic heterocycles. The van der Waals surface area contributed by atoms with E-state index in [0.717, 1.165) is 16.7 Å². The Morgan fingerprint density at radius 2 is 1.96 bits per heavy atom. The number of anilines is 1. The highest BCUT2D eigenvalue weighted by Crippen LogP contribution is 2.45. The lowest BCUT2D eigenvalue weighted by molar-refractivity contribution is -0.113. The maximum atomic E-state index is 12.1. The molecule has 0 atom stereocenters. The number of benzene rings is 1. The molecule has 7 heteroatoms. The SMILES string of the molecule is O=C(CSc1nnc(C2CC2)n1C1CC1)Nc1ccc(Cl)cc1. The van der Waals surface area contributed by atoms with Crippen LogP contribution in [0.2, 0.25) is 5.02 Å². The monoisotopic (exact) mass is 348 g/mol. The number of aromatic nitrogens is 3. The summed E-state index contributed by atoms with van der Waals surface area (Å²) in [7, 11) is 0. The zero-order valence-electron chi connectivity index (χ0n) is 12.5. The molecule has 23 heavy (non-hydrogen) atoms. The van der Waals surface area contributed by atoms with Crippen molar-refractivity contribution in [3.8, 4) is 0 Å². The quantitative estimate of drug-likeness (QED) is 0.805. The number of rotatable bonds is 6.